The summed E-state index contributed by atoms with van der Waals surface area (Å²) >= 11 is 0. The molecule has 0 spiro atoms. The van der Waals surface area contributed by atoms with Gasteiger partial charge in [-0.05, 0) is 26.2 Å². The molecule has 0 aromatic heterocycles. The Morgan fingerprint density at radius 3 is 2.62 bits per heavy atom. The summed E-state index contributed by atoms with van der Waals surface area (Å²) in [4.78, 5) is 12.3. The minimum atomic E-state index is -3.31. The van der Waals surface area contributed by atoms with Gasteiger partial charge in [0.05, 0.1) is 6.26 Å². The highest BCUT2D eigenvalue weighted by atomic mass is 32.2. The van der Waals surface area contributed by atoms with Crippen LogP contribution in [-0.2, 0) is 14.8 Å². The van der Waals surface area contributed by atoms with E-state index in [0.29, 0.717) is 13.0 Å². The first kappa shape index (κ1) is 18.4. The molecule has 0 bridgehead atoms. The fraction of sp³-hybridized carbons (Fsp3) is 0.933. The van der Waals surface area contributed by atoms with Crippen molar-refractivity contribution in [1.82, 2.24) is 9.62 Å². The second kappa shape index (κ2) is 8.73. The summed E-state index contributed by atoms with van der Waals surface area (Å²) in [6, 6.07) is -0.412. The number of carbonyl (C=O) groups is 1. The zero-order valence-corrected chi connectivity index (χ0v) is 14.4. The van der Waals surface area contributed by atoms with E-state index in [4.69, 9.17) is 0 Å². The van der Waals surface area contributed by atoms with Crippen molar-refractivity contribution in [3.8, 4) is 0 Å². The lowest BCUT2D eigenvalue weighted by molar-refractivity contribution is -0.126. The molecular weight excluding hydrogens is 288 g/mol. The average Bonchev–Trinajstić information content (AvgIpc) is 2.42. The topological polar surface area (TPSA) is 66.5 Å². The van der Waals surface area contributed by atoms with E-state index >= 15 is 0 Å². The quantitative estimate of drug-likeness (QED) is 0.698. The molecule has 1 rings (SSSR count). The third kappa shape index (κ3) is 6.34. The van der Waals surface area contributed by atoms with E-state index < -0.39 is 16.1 Å². The number of hydrogen-bond donors (Lipinski definition) is 1. The standard InChI is InChI=1S/C15H30N2O3S/c1-4-5-6-7-10-13(2)16-15(18)14-11-8-9-12-17(14)21(3,19)20/h13-14H,4-12H2,1-3H3,(H,16,18). The van der Waals surface area contributed by atoms with Crippen LogP contribution in [0, 0.1) is 0 Å². The van der Waals surface area contributed by atoms with Crippen LogP contribution >= 0.6 is 0 Å². The maximum atomic E-state index is 12.3. The van der Waals surface area contributed by atoms with Crippen LogP contribution in [0.15, 0.2) is 0 Å². The molecule has 1 heterocycles. The van der Waals surface area contributed by atoms with E-state index in [1.807, 2.05) is 6.92 Å². The van der Waals surface area contributed by atoms with E-state index in [-0.39, 0.29) is 11.9 Å². The summed E-state index contributed by atoms with van der Waals surface area (Å²) in [5.74, 6) is -0.136. The molecule has 1 fully saturated rings. The van der Waals surface area contributed by atoms with Crippen LogP contribution in [0.5, 0.6) is 0 Å². The normalized spacial score (nSPS) is 22.0. The molecule has 1 amide bonds. The zero-order valence-electron chi connectivity index (χ0n) is 13.6. The fourth-order valence-electron chi connectivity index (χ4n) is 2.85. The predicted octanol–water partition coefficient (Wildman–Crippen LogP) is 2.28. The first-order valence-corrected chi connectivity index (χ1v) is 9.98. The van der Waals surface area contributed by atoms with Gasteiger partial charge in [0, 0.05) is 12.6 Å². The maximum Gasteiger partial charge on any atom is 0.238 e. The molecule has 0 saturated carbocycles. The second-order valence-electron chi connectivity index (χ2n) is 6.14. The number of unbranched alkanes of at least 4 members (excludes halogenated alkanes) is 3. The number of nitrogens with zero attached hydrogens (tertiary/aromatic N) is 1. The number of amides is 1. The van der Waals surface area contributed by atoms with Crippen molar-refractivity contribution < 1.29 is 13.2 Å². The average molecular weight is 318 g/mol. The van der Waals surface area contributed by atoms with Gasteiger partial charge in [0.15, 0.2) is 0 Å². The molecule has 0 aromatic carbocycles. The minimum Gasteiger partial charge on any atom is -0.352 e. The number of carbonyl (C=O) groups excluding carboxylic acids is 1. The zero-order chi connectivity index (χ0) is 15.9. The Bertz CT molecular complexity index is 423. The summed E-state index contributed by atoms with van der Waals surface area (Å²) in [5, 5.41) is 2.98. The molecule has 1 saturated heterocycles. The van der Waals surface area contributed by atoms with Gasteiger partial charge in [0.25, 0.3) is 0 Å². The Morgan fingerprint density at radius 1 is 1.29 bits per heavy atom. The number of hydrogen-bond acceptors (Lipinski definition) is 3. The molecule has 6 heteroatoms. The molecule has 2 unspecified atom stereocenters. The molecular formula is C15H30N2O3S. The van der Waals surface area contributed by atoms with E-state index in [1.54, 1.807) is 0 Å². The first-order chi connectivity index (χ1) is 9.86. The number of piperidine rings is 1. The Balaban J connectivity index is 2.48. The molecule has 0 radical (unpaired) electrons. The van der Waals surface area contributed by atoms with Crippen molar-refractivity contribution in [3.05, 3.63) is 0 Å². The Labute approximate surface area is 129 Å². The maximum absolute atomic E-state index is 12.3. The van der Waals surface area contributed by atoms with Crippen LogP contribution < -0.4 is 5.32 Å². The Hall–Kier alpha value is -0.620. The second-order valence-corrected chi connectivity index (χ2v) is 8.08. The van der Waals surface area contributed by atoms with Gasteiger partial charge in [-0.15, -0.1) is 0 Å². The minimum absolute atomic E-state index is 0.109. The molecule has 124 valence electrons. The van der Waals surface area contributed by atoms with Crippen LogP contribution in [0.2, 0.25) is 0 Å². The SMILES string of the molecule is CCCCCCC(C)NC(=O)C1CCCCN1S(C)(=O)=O. The summed E-state index contributed by atoms with van der Waals surface area (Å²) in [6.07, 6.45) is 9.24. The monoisotopic (exact) mass is 318 g/mol. The van der Waals surface area contributed by atoms with E-state index in [9.17, 15) is 13.2 Å². The molecule has 1 aliphatic rings. The lowest BCUT2D eigenvalue weighted by atomic mass is 10.0. The molecule has 2 atom stereocenters. The number of sulfonamides is 1. The predicted molar refractivity (Wildman–Crippen MR) is 85.6 cm³/mol. The van der Waals surface area contributed by atoms with Gasteiger partial charge in [-0.1, -0.05) is 39.0 Å². The molecule has 1 N–H and O–H groups in total. The van der Waals surface area contributed by atoms with Gasteiger partial charge in [-0.3, -0.25) is 4.79 Å². The van der Waals surface area contributed by atoms with Crippen molar-refractivity contribution in [1.29, 1.82) is 0 Å². The number of nitrogens with one attached hydrogen (secondary N) is 1. The third-order valence-electron chi connectivity index (χ3n) is 4.06. The van der Waals surface area contributed by atoms with Crippen LogP contribution in [0.3, 0.4) is 0 Å². The van der Waals surface area contributed by atoms with E-state index in [1.165, 1.54) is 29.8 Å². The van der Waals surface area contributed by atoms with Crippen LogP contribution in [-0.4, -0.2) is 43.5 Å². The Kier molecular flexibility index (Phi) is 7.66. The van der Waals surface area contributed by atoms with Crippen LogP contribution in [0.1, 0.15) is 65.2 Å². The fourth-order valence-corrected chi connectivity index (χ4v) is 3.98. The van der Waals surface area contributed by atoms with Crippen molar-refractivity contribution in [2.75, 3.05) is 12.8 Å². The summed E-state index contributed by atoms with van der Waals surface area (Å²) < 4.78 is 24.9. The molecule has 21 heavy (non-hydrogen) atoms. The smallest absolute Gasteiger partial charge is 0.238 e. The van der Waals surface area contributed by atoms with Gasteiger partial charge >= 0.3 is 0 Å². The molecule has 1 aliphatic heterocycles. The summed E-state index contributed by atoms with van der Waals surface area (Å²) in [5.41, 5.74) is 0. The highest BCUT2D eigenvalue weighted by molar-refractivity contribution is 7.88. The van der Waals surface area contributed by atoms with Gasteiger partial charge in [-0.2, -0.15) is 4.31 Å². The first-order valence-electron chi connectivity index (χ1n) is 8.13. The van der Waals surface area contributed by atoms with Gasteiger partial charge in [0.2, 0.25) is 15.9 Å². The summed E-state index contributed by atoms with van der Waals surface area (Å²) in [6.45, 7) is 4.63. The van der Waals surface area contributed by atoms with Crippen molar-refractivity contribution in [2.45, 2.75) is 77.3 Å². The lowest BCUT2D eigenvalue weighted by Crippen LogP contribution is -2.53. The van der Waals surface area contributed by atoms with E-state index in [2.05, 4.69) is 12.2 Å². The lowest BCUT2D eigenvalue weighted by Gasteiger charge is -2.33. The van der Waals surface area contributed by atoms with Crippen molar-refractivity contribution in [2.24, 2.45) is 0 Å². The van der Waals surface area contributed by atoms with E-state index in [0.717, 1.165) is 25.7 Å². The number of rotatable bonds is 8. The van der Waals surface area contributed by atoms with Crippen molar-refractivity contribution in [3.63, 3.8) is 0 Å². The summed E-state index contributed by atoms with van der Waals surface area (Å²) in [7, 11) is -3.31. The van der Waals surface area contributed by atoms with Gasteiger partial charge in [0.1, 0.15) is 6.04 Å². The van der Waals surface area contributed by atoms with Crippen LogP contribution in [0.4, 0.5) is 0 Å². The van der Waals surface area contributed by atoms with Gasteiger partial charge in [-0.25, -0.2) is 8.42 Å². The third-order valence-corrected chi connectivity index (χ3v) is 5.35. The van der Waals surface area contributed by atoms with Crippen molar-refractivity contribution >= 4 is 15.9 Å². The molecule has 0 aromatic rings. The van der Waals surface area contributed by atoms with Crippen LogP contribution in [0.25, 0.3) is 0 Å². The highest BCUT2D eigenvalue weighted by Crippen LogP contribution is 2.20. The largest absolute Gasteiger partial charge is 0.352 e. The molecule has 5 nitrogen and oxygen atoms in total. The molecule has 0 aliphatic carbocycles. The highest BCUT2D eigenvalue weighted by Gasteiger charge is 2.34. The van der Waals surface area contributed by atoms with Gasteiger partial charge < -0.3 is 5.32 Å². The Morgan fingerprint density at radius 2 is 2.00 bits per heavy atom.